The zero-order chi connectivity index (χ0) is 23.8. The van der Waals surface area contributed by atoms with Gasteiger partial charge < -0.3 is 24.7 Å². The van der Waals surface area contributed by atoms with E-state index in [1.807, 2.05) is 47.4 Å². The van der Waals surface area contributed by atoms with Gasteiger partial charge in [0.25, 0.3) is 0 Å². The Labute approximate surface area is 207 Å². The smallest absolute Gasteiger partial charge is 0.322 e. The van der Waals surface area contributed by atoms with Gasteiger partial charge in [-0.15, -0.1) is 0 Å². The van der Waals surface area contributed by atoms with Gasteiger partial charge in [0.2, 0.25) is 0 Å². The van der Waals surface area contributed by atoms with E-state index in [1.165, 1.54) is 5.56 Å². The molecule has 0 radical (unpaired) electrons. The van der Waals surface area contributed by atoms with E-state index >= 15 is 0 Å². The molecular weight excluding hydrogens is 473 g/mol. The van der Waals surface area contributed by atoms with Crippen LogP contribution in [0.3, 0.4) is 0 Å². The molecule has 1 atom stereocenters. The van der Waals surface area contributed by atoms with Gasteiger partial charge in [0.1, 0.15) is 11.5 Å². The second-order valence-corrected chi connectivity index (χ2v) is 8.97. The highest BCUT2D eigenvalue weighted by atomic mass is 35.5. The van der Waals surface area contributed by atoms with Crippen LogP contribution in [0.25, 0.3) is 10.9 Å². The van der Waals surface area contributed by atoms with Crippen LogP contribution in [-0.4, -0.2) is 36.7 Å². The van der Waals surface area contributed by atoms with Crippen molar-refractivity contribution in [1.82, 2.24) is 9.88 Å². The predicted molar refractivity (Wildman–Crippen MR) is 136 cm³/mol. The molecule has 0 unspecified atom stereocenters. The van der Waals surface area contributed by atoms with Crippen molar-refractivity contribution in [2.45, 2.75) is 12.5 Å². The average molecular weight is 496 g/mol. The van der Waals surface area contributed by atoms with Crippen molar-refractivity contribution in [2.75, 3.05) is 26.1 Å². The van der Waals surface area contributed by atoms with Crippen LogP contribution in [0.2, 0.25) is 10.0 Å². The molecule has 174 valence electrons. The van der Waals surface area contributed by atoms with Gasteiger partial charge in [0, 0.05) is 33.2 Å². The summed E-state index contributed by atoms with van der Waals surface area (Å²) in [6, 6.07) is 18.1. The largest absolute Gasteiger partial charge is 0.497 e. The molecule has 3 aromatic carbocycles. The van der Waals surface area contributed by atoms with Gasteiger partial charge in [0.15, 0.2) is 0 Å². The van der Waals surface area contributed by atoms with Crippen LogP contribution in [-0.2, 0) is 6.42 Å². The Morgan fingerprint density at radius 3 is 2.47 bits per heavy atom. The first-order valence-electron chi connectivity index (χ1n) is 10.8. The first-order chi connectivity index (χ1) is 16.5. The number of nitrogens with zero attached hydrogens (tertiary/aromatic N) is 1. The Kier molecular flexibility index (Phi) is 6.02. The summed E-state index contributed by atoms with van der Waals surface area (Å²) < 4.78 is 10.7. The minimum Gasteiger partial charge on any atom is -0.497 e. The lowest BCUT2D eigenvalue weighted by Crippen LogP contribution is -2.43. The summed E-state index contributed by atoms with van der Waals surface area (Å²) in [5.41, 5.74) is 4.62. The number of H-pyrrole nitrogens is 1. The lowest BCUT2D eigenvalue weighted by atomic mass is 9.92. The number of carbonyl (C=O) groups excluding carboxylic acids is 1. The van der Waals surface area contributed by atoms with Crippen molar-refractivity contribution in [3.05, 3.63) is 87.5 Å². The summed E-state index contributed by atoms with van der Waals surface area (Å²) in [5, 5.41) is 5.26. The van der Waals surface area contributed by atoms with E-state index in [2.05, 4.69) is 10.3 Å². The van der Waals surface area contributed by atoms with Gasteiger partial charge in [-0.05, 0) is 66.1 Å². The maximum atomic E-state index is 13.6. The highest BCUT2D eigenvalue weighted by Gasteiger charge is 2.35. The van der Waals surface area contributed by atoms with Crippen LogP contribution in [0.4, 0.5) is 10.5 Å². The molecule has 4 aromatic rings. The van der Waals surface area contributed by atoms with Gasteiger partial charge in [0.05, 0.1) is 25.9 Å². The molecule has 0 aliphatic carbocycles. The number of ether oxygens (including phenoxy) is 2. The summed E-state index contributed by atoms with van der Waals surface area (Å²) in [5.74, 6) is 1.29. The van der Waals surface area contributed by atoms with Crippen molar-refractivity contribution < 1.29 is 14.3 Å². The number of halogens is 2. The zero-order valence-corrected chi connectivity index (χ0v) is 20.2. The molecule has 0 saturated heterocycles. The van der Waals surface area contributed by atoms with Crippen molar-refractivity contribution >= 4 is 45.8 Å². The maximum absolute atomic E-state index is 13.6. The van der Waals surface area contributed by atoms with Crippen LogP contribution in [0, 0.1) is 0 Å². The van der Waals surface area contributed by atoms with Crippen LogP contribution >= 0.6 is 23.2 Å². The molecule has 0 fully saturated rings. The molecule has 0 bridgehead atoms. The number of benzene rings is 3. The standard InChI is InChI=1S/C26H23Cl2N3O3/c1-33-18-7-3-15(4-8-18)25-24-19(20-13-16(27)5-9-21(20)29-24)11-12-31(25)26(32)30-22-14-17(28)6-10-23(22)34-2/h3-10,13-14,25,29H,11-12H2,1-2H3,(H,30,32)/t25-/m1/s1. The second kappa shape index (κ2) is 9.12. The Bertz CT molecular complexity index is 1370. The number of hydrogen-bond donors (Lipinski definition) is 2. The lowest BCUT2D eigenvalue weighted by Gasteiger charge is -2.36. The number of amides is 2. The normalized spacial score (nSPS) is 15.2. The summed E-state index contributed by atoms with van der Waals surface area (Å²) in [6.07, 6.45) is 0.697. The van der Waals surface area contributed by atoms with Crippen LogP contribution in [0.1, 0.15) is 22.9 Å². The fourth-order valence-electron chi connectivity index (χ4n) is 4.58. The van der Waals surface area contributed by atoms with E-state index in [0.717, 1.165) is 27.9 Å². The summed E-state index contributed by atoms with van der Waals surface area (Å²) in [4.78, 5) is 19.0. The Balaban J connectivity index is 1.58. The molecule has 6 nitrogen and oxygen atoms in total. The van der Waals surface area contributed by atoms with Crippen LogP contribution < -0.4 is 14.8 Å². The van der Waals surface area contributed by atoms with Crippen LogP contribution in [0.5, 0.6) is 11.5 Å². The number of carbonyl (C=O) groups is 1. The molecular formula is C26H23Cl2N3O3. The van der Waals surface area contributed by atoms with Crippen molar-refractivity contribution in [1.29, 1.82) is 0 Å². The minimum atomic E-state index is -0.328. The molecule has 5 rings (SSSR count). The molecule has 2 N–H and O–H groups in total. The fraction of sp³-hybridized carbons (Fsp3) is 0.192. The van der Waals surface area contributed by atoms with E-state index in [4.69, 9.17) is 32.7 Å². The maximum Gasteiger partial charge on any atom is 0.322 e. The first-order valence-corrected chi connectivity index (χ1v) is 11.6. The molecule has 2 amide bonds. The highest BCUT2D eigenvalue weighted by molar-refractivity contribution is 6.31. The zero-order valence-electron chi connectivity index (χ0n) is 18.7. The number of methoxy groups -OCH3 is 2. The Morgan fingerprint density at radius 1 is 1.00 bits per heavy atom. The van der Waals surface area contributed by atoms with Gasteiger partial charge >= 0.3 is 6.03 Å². The van der Waals surface area contributed by atoms with E-state index < -0.39 is 0 Å². The monoisotopic (exact) mass is 495 g/mol. The molecule has 2 heterocycles. The fourth-order valence-corrected chi connectivity index (χ4v) is 4.92. The Morgan fingerprint density at radius 2 is 1.74 bits per heavy atom. The molecule has 1 aliphatic rings. The number of hydrogen-bond acceptors (Lipinski definition) is 3. The quantitative estimate of drug-likeness (QED) is 0.332. The molecule has 0 saturated carbocycles. The van der Waals surface area contributed by atoms with Gasteiger partial charge in [-0.2, -0.15) is 0 Å². The van der Waals surface area contributed by atoms with E-state index in [-0.39, 0.29) is 12.1 Å². The number of rotatable bonds is 4. The third-order valence-electron chi connectivity index (χ3n) is 6.18. The predicted octanol–water partition coefficient (Wildman–Crippen LogP) is 6.67. The molecule has 8 heteroatoms. The molecule has 1 aromatic heterocycles. The summed E-state index contributed by atoms with van der Waals surface area (Å²) in [7, 11) is 3.19. The first kappa shape index (κ1) is 22.4. The van der Waals surface area contributed by atoms with Gasteiger partial charge in [-0.25, -0.2) is 4.79 Å². The number of nitrogens with one attached hydrogen (secondary N) is 2. The van der Waals surface area contributed by atoms with Gasteiger partial charge in [-0.3, -0.25) is 0 Å². The van der Waals surface area contributed by atoms with E-state index in [1.54, 1.807) is 32.4 Å². The summed E-state index contributed by atoms with van der Waals surface area (Å²) in [6.45, 7) is 0.526. The van der Waals surface area contributed by atoms with Crippen LogP contribution in [0.15, 0.2) is 60.7 Å². The molecule has 34 heavy (non-hydrogen) atoms. The SMILES string of the molecule is COc1ccc([C@@H]2c3[nH]c4ccc(Cl)cc4c3CCN2C(=O)Nc2cc(Cl)ccc2OC)cc1. The number of aromatic nitrogens is 1. The highest BCUT2D eigenvalue weighted by Crippen LogP contribution is 2.40. The second-order valence-electron chi connectivity index (χ2n) is 8.10. The number of fused-ring (bicyclic) bond motifs is 3. The molecule has 1 aliphatic heterocycles. The lowest BCUT2D eigenvalue weighted by molar-refractivity contribution is 0.193. The number of anilines is 1. The number of aromatic amines is 1. The summed E-state index contributed by atoms with van der Waals surface area (Å²) >= 11 is 12.5. The third kappa shape index (κ3) is 4.04. The average Bonchev–Trinajstić information content (AvgIpc) is 3.21. The molecule has 0 spiro atoms. The van der Waals surface area contributed by atoms with Gasteiger partial charge in [-0.1, -0.05) is 35.3 Å². The van der Waals surface area contributed by atoms with Crippen molar-refractivity contribution in [3.8, 4) is 11.5 Å². The number of urea groups is 1. The third-order valence-corrected chi connectivity index (χ3v) is 6.65. The topological polar surface area (TPSA) is 66.6 Å². The van der Waals surface area contributed by atoms with Crippen molar-refractivity contribution in [3.63, 3.8) is 0 Å². The van der Waals surface area contributed by atoms with Crippen molar-refractivity contribution in [2.24, 2.45) is 0 Å². The Hall–Kier alpha value is -3.35. The van der Waals surface area contributed by atoms with E-state index in [9.17, 15) is 4.79 Å². The minimum absolute atomic E-state index is 0.247. The van der Waals surface area contributed by atoms with E-state index in [0.29, 0.717) is 34.4 Å².